The number of hydrogen-bond donors (Lipinski definition) is 1. The van der Waals surface area contributed by atoms with Gasteiger partial charge in [0.2, 0.25) is 15.9 Å². The highest BCUT2D eigenvalue weighted by atomic mass is 32.2. The van der Waals surface area contributed by atoms with E-state index in [9.17, 15) is 18.3 Å². The summed E-state index contributed by atoms with van der Waals surface area (Å²) in [4.78, 5) is 13.9. The van der Waals surface area contributed by atoms with Gasteiger partial charge < -0.3 is 19.5 Å². The fourth-order valence-corrected chi connectivity index (χ4v) is 5.89. The molecule has 0 unspecified atom stereocenters. The molecule has 8 nitrogen and oxygen atoms in total. The summed E-state index contributed by atoms with van der Waals surface area (Å²) in [6.07, 6.45) is -0.0698. The summed E-state index contributed by atoms with van der Waals surface area (Å²) in [6.45, 7) is 5.56. The highest BCUT2D eigenvalue weighted by molar-refractivity contribution is 7.89. The summed E-state index contributed by atoms with van der Waals surface area (Å²) in [6, 6.07) is 11.9. The standard InChI is InChI=1S/C25H34N2O6S/c1-6-25(29)26(4)15-23-17(2)14-27(18(3)16-28)34(30,31)24-11-10-20(13-22(24)33-23)19-8-7-9-21(12-19)32-5/h7-13,17-18,23,28H,6,14-16H2,1-5H3/t17-,18+,23-/m0/s1. The van der Waals surface area contributed by atoms with Crippen LogP contribution in [0, 0.1) is 5.92 Å². The number of likely N-dealkylation sites (N-methyl/N-ethyl adjacent to an activating group) is 1. The summed E-state index contributed by atoms with van der Waals surface area (Å²) >= 11 is 0. The number of fused-ring (bicyclic) bond motifs is 1. The summed E-state index contributed by atoms with van der Waals surface area (Å²) in [5, 5.41) is 9.77. The number of carbonyl (C=O) groups excluding carboxylic acids is 1. The molecule has 186 valence electrons. The van der Waals surface area contributed by atoms with Crippen molar-refractivity contribution in [1.29, 1.82) is 0 Å². The minimum Gasteiger partial charge on any atom is -0.497 e. The zero-order chi connectivity index (χ0) is 25.0. The molecule has 2 aromatic carbocycles. The van der Waals surface area contributed by atoms with E-state index in [2.05, 4.69) is 0 Å². The predicted octanol–water partition coefficient (Wildman–Crippen LogP) is 3.00. The third kappa shape index (κ3) is 5.37. The fraction of sp³-hybridized carbons (Fsp3) is 0.480. The van der Waals surface area contributed by atoms with E-state index in [0.717, 1.165) is 11.1 Å². The Kier molecular flexibility index (Phi) is 8.22. The van der Waals surface area contributed by atoms with Crippen molar-refractivity contribution in [3.8, 4) is 22.6 Å². The molecule has 1 amide bonds. The van der Waals surface area contributed by atoms with Crippen molar-refractivity contribution in [1.82, 2.24) is 9.21 Å². The Morgan fingerprint density at radius 3 is 2.62 bits per heavy atom. The second-order valence-electron chi connectivity index (χ2n) is 8.76. The lowest BCUT2D eigenvalue weighted by atomic mass is 10.0. The molecule has 1 aliphatic heterocycles. The number of sulfonamides is 1. The Morgan fingerprint density at radius 1 is 1.26 bits per heavy atom. The van der Waals surface area contributed by atoms with Crippen LogP contribution in [-0.2, 0) is 14.8 Å². The van der Waals surface area contributed by atoms with Crippen LogP contribution < -0.4 is 9.47 Å². The highest BCUT2D eigenvalue weighted by Crippen LogP contribution is 2.37. The molecule has 0 radical (unpaired) electrons. The number of methoxy groups -OCH3 is 1. The third-order valence-corrected chi connectivity index (χ3v) is 8.27. The van der Waals surface area contributed by atoms with Crippen molar-refractivity contribution in [2.45, 2.75) is 44.2 Å². The first kappa shape index (κ1) is 26.0. The Morgan fingerprint density at radius 2 is 1.97 bits per heavy atom. The molecule has 1 N–H and O–H groups in total. The SMILES string of the molecule is CCC(=O)N(C)C[C@@H]1Oc2cc(-c3cccc(OC)c3)ccc2S(=O)(=O)N([C@H](C)CO)C[C@@H]1C. The monoisotopic (exact) mass is 490 g/mol. The Bertz CT molecular complexity index is 1120. The van der Waals surface area contributed by atoms with E-state index in [1.165, 1.54) is 4.31 Å². The van der Waals surface area contributed by atoms with Crippen LogP contribution in [0.2, 0.25) is 0 Å². The van der Waals surface area contributed by atoms with Gasteiger partial charge in [-0.1, -0.05) is 32.0 Å². The quantitative estimate of drug-likeness (QED) is 0.641. The van der Waals surface area contributed by atoms with E-state index < -0.39 is 22.2 Å². The van der Waals surface area contributed by atoms with Crippen LogP contribution >= 0.6 is 0 Å². The van der Waals surface area contributed by atoms with Crippen LogP contribution in [0.5, 0.6) is 11.5 Å². The summed E-state index contributed by atoms with van der Waals surface area (Å²) in [5.74, 6) is 0.664. The molecular formula is C25H34N2O6S. The Hall–Kier alpha value is -2.62. The second-order valence-corrected chi connectivity index (χ2v) is 10.6. The smallest absolute Gasteiger partial charge is 0.247 e. The lowest BCUT2D eigenvalue weighted by Crippen LogP contribution is -2.50. The van der Waals surface area contributed by atoms with Gasteiger partial charge in [0.1, 0.15) is 22.5 Å². The number of benzene rings is 2. The fourth-order valence-electron chi connectivity index (χ4n) is 4.07. The number of amides is 1. The van der Waals surface area contributed by atoms with Gasteiger partial charge in [-0.25, -0.2) is 8.42 Å². The van der Waals surface area contributed by atoms with E-state index in [1.54, 1.807) is 51.1 Å². The van der Waals surface area contributed by atoms with Crippen LogP contribution in [0.3, 0.4) is 0 Å². The lowest BCUT2D eigenvalue weighted by Gasteiger charge is -2.37. The second kappa shape index (κ2) is 10.8. The molecule has 2 aromatic rings. The third-order valence-electron chi connectivity index (χ3n) is 6.25. The maximum atomic E-state index is 13.6. The van der Waals surface area contributed by atoms with Gasteiger partial charge in [-0.3, -0.25) is 4.79 Å². The zero-order valence-corrected chi connectivity index (χ0v) is 21.2. The van der Waals surface area contributed by atoms with E-state index >= 15 is 0 Å². The number of ether oxygens (including phenoxy) is 2. The van der Waals surface area contributed by atoms with Crippen LogP contribution in [0.4, 0.5) is 0 Å². The number of aliphatic hydroxyl groups excluding tert-OH is 1. The van der Waals surface area contributed by atoms with Gasteiger partial charge in [-0.2, -0.15) is 4.31 Å². The summed E-state index contributed by atoms with van der Waals surface area (Å²) in [7, 11) is -0.618. The van der Waals surface area contributed by atoms with Gasteiger partial charge in [0, 0.05) is 32.0 Å². The molecule has 0 bridgehead atoms. The maximum Gasteiger partial charge on any atom is 0.247 e. The van der Waals surface area contributed by atoms with E-state index in [0.29, 0.717) is 18.7 Å². The molecule has 1 heterocycles. The number of carbonyl (C=O) groups is 1. The van der Waals surface area contributed by atoms with Crippen LogP contribution in [0.15, 0.2) is 47.4 Å². The highest BCUT2D eigenvalue weighted by Gasteiger charge is 2.38. The average molecular weight is 491 g/mol. The molecule has 34 heavy (non-hydrogen) atoms. The molecule has 0 aliphatic carbocycles. The molecule has 1 aliphatic rings. The van der Waals surface area contributed by atoms with E-state index in [-0.39, 0.29) is 35.6 Å². The molecular weight excluding hydrogens is 456 g/mol. The van der Waals surface area contributed by atoms with Gasteiger partial charge in [0.15, 0.2) is 0 Å². The van der Waals surface area contributed by atoms with Gasteiger partial charge in [-0.15, -0.1) is 0 Å². The predicted molar refractivity (Wildman–Crippen MR) is 130 cm³/mol. The molecule has 3 atom stereocenters. The summed E-state index contributed by atoms with van der Waals surface area (Å²) in [5.41, 5.74) is 1.63. The molecule has 0 saturated carbocycles. The molecule has 0 aromatic heterocycles. The minimum absolute atomic E-state index is 0.0172. The zero-order valence-electron chi connectivity index (χ0n) is 20.4. The minimum atomic E-state index is -3.93. The number of aliphatic hydroxyl groups is 1. The van der Waals surface area contributed by atoms with Gasteiger partial charge in [0.05, 0.1) is 20.3 Å². The van der Waals surface area contributed by atoms with Crippen molar-refractivity contribution in [2.75, 3.05) is 33.9 Å². The first-order valence-corrected chi connectivity index (χ1v) is 12.9. The number of rotatable bonds is 7. The molecule has 0 spiro atoms. The van der Waals surface area contributed by atoms with Gasteiger partial charge in [0.25, 0.3) is 0 Å². The molecule has 0 saturated heterocycles. The van der Waals surface area contributed by atoms with Crippen molar-refractivity contribution >= 4 is 15.9 Å². The van der Waals surface area contributed by atoms with Gasteiger partial charge in [-0.05, 0) is 42.3 Å². The van der Waals surface area contributed by atoms with Crippen LogP contribution in [0.1, 0.15) is 27.2 Å². The van der Waals surface area contributed by atoms with E-state index in [4.69, 9.17) is 9.47 Å². The van der Waals surface area contributed by atoms with Crippen LogP contribution in [-0.4, -0.2) is 74.6 Å². The molecule has 9 heteroatoms. The van der Waals surface area contributed by atoms with Crippen LogP contribution in [0.25, 0.3) is 11.1 Å². The first-order chi connectivity index (χ1) is 16.1. The van der Waals surface area contributed by atoms with Gasteiger partial charge >= 0.3 is 0 Å². The number of hydrogen-bond acceptors (Lipinski definition) is 6. The molecule has 0 fully saturated rings. The lowest BCUT2D eigenvalue weighted by molar-refractivity contribution is -0.131. The number of nitrogens with zero attached hydrogens (tertiary/aromatic N) is 2. The normalized spacial score (nSPS) is 20.9. The van der Waals surface area contributed by atoms with Crippen molar-refractivity contribution < 1.29 is 27.8 Å². The first-order valence-electron chi connectivity index (χ1n) is 11.4. The Balaban J connectivity index is 2.12. The summed E-state index contributed by atoms with van der Waals surface area (Å²) < 4.78 is 40.2. The van der Waals surface area contributed by atoms with E-state index in [1.807, 2.05) is 31.2 Å². The van der Waals surface area contributed by atoms with Crippen molar-refractivity contribution in [3.05, 3.63) is 42.5 Å². The van der Waals surface area contributed by atoms with Crippen molar-refractivity contribution in [3.63, 3.8) is 0 Å². The average Bonchev–Trinajstić information content (AvgIpc) is 2.84. The largest absolute Gasteiger partial charge is 0.497 e. The van der Waals surface area contributed by atoms with Crippen molar-refractivity contribution in [2.24, 2.45) is 5.92 Å². The Labute approximate surface area is 202 Å². The molecule has 3 rings (SSSR count). The maximum absolute atomic E-state index is 13.6. The topological polar surface area (TPSA) is 96.4 Å².